The van der Waals surface area contributed by atoms with Crippen LogP contribution >= 0.6 is 0 Å². The molecule has 1 rings (SSSR count). The molecule has 17 heavy (non-hydrogen) atoms. The van der Waals surface area contributed by atoms with Gasteiger partial charge in [0.25, 0.3) is 0 Å². The van der Waals surface area contributed by atoms with Crippen molar-refractivity contribution < 1.29 is 19.0 Å². The number of benzene rings is 1. The summed E-state index contributed by atoms with van der Waals surface area (Å²) in [6.45, 7) is 1.07. The number of nitrogen functional groups attached to an aromatic ring is 1. The molecule has 1 aromatic rings. The summed E-state index contributed by atoms with van der Waals surface area (Å²) in [5, 5.41) is 0. The molecule has 0 aliphatic carbocycles. The van der Waals surface area contributed by atoms with Crippen LogP contribution in [0.1, 0.15) is 16.8 Å². The molecule has 0 amide bonds. The number of rotatable bonds is 6. The number of methoxy groups -OCH3 is 2. The van der Waals surface area contributed by atoms with Crippen LogP contribution in [-0.2, 0) is 9.47 Å². The van der Waals surface area contributed by atoms with E-state index in [1.807, 2.05) is 0 Å². The van der Waals surface area contributed by atoms with Gasteiger partial charge in [-0.2, -0.15) is 0 Å². The Bertz CT molecular complexity index is 379. The fourth-order valence-electron chi connectivity index (χ4n) is 1.37. The van der Waals surface area contributed by atoms with E-state index in [0.717, 1.165) is 6.42 Å². The first-order valence-corrected chi connectivity index (χ1v) is 5.29. The van der Waals surface area contributed by atoms with Gasteiger partial charge in [0.05, 0.1) is 13.7 Å². The standard InChI is InChI=1S/C12H17NO4/c1-15-7-4-8-17-10-6-3-5-9(13)11(10)12(14)16-2/h3,5-6H,4,7-8,13H2,1-2H3. The van der Waals surface area contributed by atoms with E-state index in [4.69, 9.17) is 15.2 Å². The lowest BCUT2D eigenvalue weighted by molar-refractivity contribution is 0.0597. The Morgan fingerprint density at radius 1 is 1.29 bits per heavy atom. The highest BCUT2D eigenvalue weighted by Gasteiger charge is 2.16. The molecule has 0 unspecified atom stereocenters. The van der Waals surface area contributed by atoms with Crippen LogP contribution in [0.2, 0.25) is 0 Å². The Hall–Kier alpha value is -1.75. The molecule has 0 spiro atoms. The normalized spacial score (nSPS) is 10.0. The maximum atomic E-state index is 11.5. The lowest BCUT2D eigenvalue weighted by Gasteiger charge is -2.11. The van der Waals surface area contributed by atoms with E-state index in [2.05, 4.69) is 4.74 Å². The minimum Gasteiger partial charge on any atom is -0.493 e. The first-order valence-electron chi connectivity index (χ1n) is 5.29. The molecule has 0 bridgehead atoms. The van der Waals surface area contributed by atoms with Crippen molar-refractivity contribution in [3.63, 3.8) is 0 Å². The SMILES string of the molecule is COCCCOc1cccc(N)c1C(=O)OC. The van der Waals surface area contributed by atoms with Crippen molar-refractivity contribution in [3.8, 4) is 5.75 Å². The van der Waals surface area contributed by atoms with Gasteiger partial charge in [-0.1, -0.05) is 6.07 Å². The summed E-state index contributed by atoms with van der Waals surface area (Å²) in [6, 6.07) is 5.05. The zero-order valence-electron chi connectivity index (χ0n) is 10.1. The molecule has 5 heteroatoms. The van der Waals surface area contributed by atoms with E-state index in [0.29, 0.717) is 24.7 Å². The summed E-state index contributed by atoms with van der Waals surface area (Å²) in [6.07, 6.45) is 0.742. The van der Waals surface area contributed by atoms with Crippen molar-refractivity contribution in [3.05, 3.63) is 23.8 Å². The van der Waals surface area contributed by atoms with E-state index in [1.54, 1.807) is 25.3 Å². The van der Waals surface area contributed by atoms with E-state index < -0.39 is 5.97 Å². The number of nitrogens with two attached hydrogens (primary N) is 1. The minimum atomic E-state index is -0.496. The molecule has 2 N–H and O–H groups in total. The van der Waals surface area contributed by atoms with Gasteiger partial charge < -0.3 is 19.9 Å². The molecular weight excluding hydrogens is 222 g/mol. The third kappa shape index (κ3) is 3.64. The summed E-state index contributed by atoms with van der Waals surface area (Å²) in [7, 11) is 2.93. The van der Waals surface area contributed by atoms with Gasteiger partial charge in [0.15, 0.2) is 0 Å². The highest BCUT2D eigenvalue weighted by Crippen LogP contribution is 2.25. The van der Waals surface area contributed by atoms with Crippen LogP contribution in [0.15, 0.2) is 18.2 Å². The minimum absolute atomic E-state index is 0.271. The second-order valence-electron chi connectivity index (χ2n) is 3.41. The molecule has 94 valence electrons. The van der Waals surface area contributed by atoms with Gasteiger partial charge in [-0.05, 0) is 12.1 Å². The molecule has 0 aromatic heterocycles. The average molecular weight is 239 g/mol. The topological polar surface area (TPSA) is 70.8 Å². The number of carbonyl (C=O) groups is 1. The van der Waals surface area contributed by atoms with Crippen LogP contribution in [0.4, 0.5) is 5.69 Å². The van der Waals surface area contributed by atoms with Gasteiger partial charge in [-0.3, -0.25) is 0 Å². The van der Waals surface area contributed by atoms with Crippen LogP contribution in [0.25, 0.3) is 0 Å². The maximum absolute atomic E-state index is 11.5. The zero-order valence-corrected chi connectivity index (χ0v) is 10.1. The summed E-state index contributed by atoms with van der Waals surface area (Å²) in [5.74, 6) is -0.0576. The van der Waals surface area contributed by atoms with Crippen molar-refractivity contribution in [2.24, 2.45) is 0 Å². The summed E-state index contributed by atoms with van der Waals surface area (Å²) >= 11 is 0. The van der Waals surface area contributed by atoms with E-state index in [1.165, 1.54) is 7.11 Å². The highest BCUT2D eigenvalue weighted by atomic mass is 16.5. The predicted octanol–water partition coefficient (Wildman–Crippen LogP) is 1.47. The van der Waals surface area contributed by atoms with Crippen molar-refractivity contribution in [2.75, 3.05) is 33.2 Å². The Balaban J connectivity index is 2.76. The fourth-order valence-corrected chi connectivity index (χ4v) is 1.37. The fraction of sp³-hybridized carbons (Fsp3) is 0.417. The number of hydrogen-bond acceptors (Lipinski definition) is 5. The van der Waals surface area contributed by atoms with Crippen LogP contribution < -0.4 is 10.5 Å². The van der Waals surface area contributed by atoms with Gasteiger partial charge in [-0.15, -0.1) is 0 Å². The summed E-state index contributed by atoms with van der Waals surface area (Å²) in [5.41, 5.74) is 6.34. The van der Waals surface area contributed by atoms with Crippen molar-refractivity contribution in [2.45, 2.75) is 6.42 Å². The van der Waals surface area contributed by atoms with Gasteiger partial charge in [0.2, 0.25) is 0 Å². The lowest BCUT2D eigenvalue weighted by Crippen LogP contribution is -2.10. The quantitative estimate of drug-likeness (QED) is 0.462. The highest BCUT2D eigenvalue weighted by molar-refractivity contribution is 5.98. The Kier molecular flexibility index (Phi) is 5.29. The van der Waals surface area contributed by atoms with Crippen molar-refractivity contribution >= 4 is 11.7 Å². The average Bonchev–Trinajstić information content (AvgIpc) is 2.34. The molecule has 1 aromatic carbocycles. The van der Waals surface area contributed by atoms with E-state index in [9.17, 15) is 4.79 Å². The van der Waals surface area contributed by atoms with Crippen LogP contribution in [0.3, 0.4) is 0 Å². The molecule has 0 aliphatic heterocycles. The van der Waals surface area contributed by atoms with E-state index >= 15 is 0 Å². The number of hydrogen-bond donors (Lipinski definition) is 1. The summed E-state index contributed by atoms with van der Waals surface area (Å²) < 4.78 is 15.0. The number of ether oxygens (including phenoxy) is 3. The predicted molar refractivity (Wildman–Crippen MR) is 64.2 cm³/mol. The zero-order chi connectivity index (χ0) is 12.7. The van der Waals surface area contributed by atoms with E-state index in [-0.39, 0.29) is 5.56 Å². The van der Waals surface area contributed by atoms with Crippen molar-refractivity contribution in [1.29, 1.82) is 0 Å². The van der Waals surface area contributed by atoms with Crippen LogP contribution in [-0.4, -0.2) is 33.4 Å². The maximum Gasteiger partial charge on any atom is 0.343 e. The molecule has 0 heterocycles. The second-order valence-corrected chi connectivity index (χ2v) is 3.41. The molecule has 0 radical (unpaired) electrons. The van der Waals surface area contributed by atoms with Crippen LogP contribution in [0.5, 0.6) is 5.75 Å². The number of anilines is 1. The molecule has 0 atom stereocenters. The smallest absolute Gasteiger partial charge is 0.343 e. The monoisotopic (exact) mass is 239 g/mol. The Labute approximate surface area is 100 Å². The first-order chi connectivity index (χ1) is 8.20. The van der Waals surface area contributed by atoms with Gasteiger partial charge in [0, 0.05) is 25.8 Å². The van der Waals surface area contributed by atoms with Crippen LogP contribution in [0, 0.1) is 0 Å². The van der Waals surface area contributed by atoms with Gasteiger partial charge in [0.1, 0.15) is 11.3 Å². The molecule has 0 saturated heterocycles. The first kappa shape index (κ1) is 13.3. The molecular formula is C12H17NO4. The largest absolute Gasteiger partial charge is 0.493 e. The van der Waals surface area contributed by atoms with Gasteiger partial charge in [-0.25, -0.2) is 4.79 Å². The molecule has 0 aliphatic rings. The lowest BCUT2D eigenvalue weighted by atomic mass is 10.1. The Morgan fingerprint density at radius 2 is 2.06 bits per heavy atom. The molecule has 5 nitrogen and oxygen atoms in total. The second kappa shape index (κ2) is 6.75. The number of carbonyl (C=O) groups excluding carboxylic acids is 1. The van der Waals surface area contributed by atoms with Crippen molar-refractivity contribution in [1.82, 2.24) is 0 Å². The third-order valence-electron chi connectivity index (χ3n) is 2.20. The van der Waals surface area contributed by atoms with Gasteiger partial charge >= 0.3 is 5.97 Å². The summed E-state index contributed by atoms with van der Waals surface area (Å²) in [4.78, 5) is 11.5. The molecule has 0 fully saturated rings. The molecule has 0 saturated carbocycles. The number of esters is 1. The Morgan fingerprint density at radius 3 is 2.71 bits per heavy atom. The third-order valence-corrected chi connectivity index (χ3v) is 2.20.